The number of imidazole rings is 2. The second-order valence-electron chi connectivity index (χ2n) is 16.7. The smallest absolute Gasteiger partial charge is 0.246 e. The van der Waals surface area contributed by atoms with Gasteiger partial charge in [-0.05, 0) is 79.9 Å². The van der Waals surface area contributed by atoms with Crippen molar-refractivity contribution >= 4 is 18.2 Å². The van der Waals surface area contributed by atoms with Crippen LogP contribution in [0.2, 0.25) is 0 Å². The Bertz CT molecular complexity index is 2140. The number of amides is 3. The molecular formula is C46H56N8O7. The second-order valence-corrected chi connectivity index (χ2v) is 16.7. The van der Waals surface area contributed by atoms with Crippen molar-refractivity contribution in [3.05, 3.63) is 84.7 Å². The molecule has 5 aliphatic heterocycles. The summed E-state index contributed by atoms with van der Waals surface area (Å²) in [5.41, 5.74) is 6.82. The van der Waals surface area contributed by atoms with Gasteiger partial charge in [0.1, 0.15) is 17.7 Å². The van der Waals surface area contributed by atoms with E-state index in [0.717, 1.165) is 102 Å². The summed E-state index contributed by atoms with van der Waals surface area (Å²) in [6, 6.07) is 15.5. The molecule has 15 heteroatoms. The zero-order chi connectivity index (χ0) is 41.7. The summed E-state index contributed by atoms with van der Waals surface area (Å²) in [6.07, 6.45) is 10.9. The van der Waals surface area contributed by atoms with Crippen molar-refractivity contribution < 1.29 is 33.3 Å². The fourth-order valence-corrected chi connectivity index (χ4v) is 9.79. The van der Waals surface area contributed by atoms with Crippen molar-refractivity contribution in [1.82, 2.24) is 40.4 Å². The van der Waals surface area contributed by atoms with Crippen molar-refractivity contribution in [3.8, 4) is 33.6 Å². The van der Waals surface area contributed by atoms with Crippen LogP contribution in [0.5, 0.6) is 0 Å². The minimum absolute atomic E-state index is 0.0450. The highest BCUT2D eigenvalue weighted by Gasteiger charge is 2.42. The molecule has 9 rings (SSSR count). The lowest BCUT2D eigenvalue weighted by molar-refractivity contribution is -0.336. The van der Waals surface area contributed by atoms with E-state index in [1.165, 1.54) is 0 Å². The number of benzene rings is 2. The van der Waals surface area contributed by atoms with Gasteiger partial charge in [0.2, 0.25) is 24.6 Å². The van der Waals surface area contributed by atoms with Gasteiger partial charge in [-0.2, -0.15) is 0 Å². The number of likely N-dealkylation sites (tertiary alicyclic amines) is 2. The fourth-order valence-electron chi connectivity index (χ4n) is 9.79. The third-order valence-electron chi connectivity index (χ3n) is 13.1. The molecular weight excluding hydrogens is 777 g/mol. The maximum atomic E-state index is 14.1. The molecule has 0 aliphatic carbocycles. The van der Waals surface area contributed by atoms with Crippen molar-refractivity contribution in [3.63, 3.8) is 0 Å². The third kappa shape index (κ3) is 8.80. The van der Waals surface area contributed by atoms with Crippen LogP contribution in [-0.4, -0.2) is 113 Å². The molecule has 3 amide bonds. The van der Waals surface area contributed by atoms with Gasteiger partial charge in [0.25, 0.3) is 0 Å². The average molecular weight is 833 g/mol. The summed E-state index contributed by atoms with van der Waals surface area (Å²) in [7, 11) is 0. The number of aromatic amines is 2. The zero-order valence-corrected chi connectivity index (χ0v) is 34.6. The van der Waals surface area contributed by atoms with Gasteiger partial charge in [0, 0.05) is 57.2 Å². The van der Waals surface area contributed by atoms with Crippen molar-refractivity contribution in [2.24, 2.45) is 11.8 Å². The first-order chi connectivity index (χ1) is 30.0. The van der Waals surface area contributed by atoms with Crippen LogP contribution in [0.3, 0.4) is 0 Å². The van der Waals surface area contributed by atoms with Crippen molar-refractivity contribution in [2.45, 2.75) is 88.4 Å². The van der Waals surface area contributed by atoms with E-state index in [4.69, 9.17) is 28.9 Å². The Morgan fingerprint density at radius 3 is 1.89 bits per heavy atom. The number of carbonyl (C=O) groups excluding carboxylic acids is 3. The van der Waals surface area contributed by atoms with Crippen LogP contribution in [0.15, 0.2) is 67.4 Å². The average Bonchev–Trinajstić information content (AvgIpc) is 4.13. The highest BCUT2D eigenvalue weighted by Crippen LogP contribution is 2.37. The monoisotopic (exact) mass is 832 g/mol. The SMILES string of the molecule is C=CCc1[nH]c([C@@H]2CCCN2C(=O)[C@@H](NC=O)C2CCOCC2)nc1-c1ccc(-c2ccc(-c3cnc([C@@H]4CCCN4C(=O)[C@@H](NC4OCO4)C4CCOCC4)[nH]3)cc2)cc1. The molecule has 5 saturated heterocycles. The predicted octanol–water partition coefficient (Wildman–Crippen LogP) is 5.40. The number of nitrogens with one attached hydrogen (secondary N) is 4. The van der Waals surface area contributed by atoms with E-state index in [0.29, 0.717) is 52.3 Å². The Labute approximate surface area is 356 Å². The summed E-state index contributed by atoms with van der Waals surface area (Å²) in [5.74, 6) is 1.74. The van der Waals surface area contributed by atoms with E-state index in [1.807, 2.05) is 22.1 Å². The van der Waals surface area contributed by atoms with Gasteiger partial charge in [-0.1, -0.05) is 54.6 Å². The molecule has 0 saturated carbocycles. The van der Waals surface area contributed by atoms with Crippen LogP contribution in [0, 0.1) is 11.8 Å². The molecule has 2 aromatic heterocycles. The van der Waals surface area contributed by atoms with Crippen molar-refractivity contribution in [1.29, 1.82) is 0 Å². The van der Waals surface area contributed by atoms with Gasteiger partial charge in [-0.3, -0.25) is 19.7 Å². The van der Waals surface area contributed by atoms with E-state index in [2.05, 4.69) is 75.7 Å². The molecule has 322 valence electrons. The van der Waals surface area contributed by atoms with Crippen LogP contribution in [0.1, 0.15) is 80.8 Å². The van der Waals surface area contributed by atoms with Gasteiger partial charge in [-0.15, -0.1) is 6.58 Å². The molecule has 61 heavy (non-hydrogen) atoms. The predicted molar refractivity (Wildman–Crippen MR) is 226 cm³/mol. The van der Waals surface area contributed by atoms with Gasteiger partial charge < -0.3 is 44.0 Å². The summed E-state index contributed by atoms with van der Waals surface area (Å²) < 4.78 is 22.1. The standard InChI is InChI=1S/C46H56N8O7/c1-2-5-35-39(51-43(49-35)38-7-4-21-54(38)44(56)40(48-27-55)33-16-22-58-23-17-33)32-14-10-30(11-15-32)29-8-12-31(13-9-29)36-26-47-42(50-36)37-6-3-20-53(37)45(57)41(52-46-60-28-61-46)34-18-24-59-25-19-34/h2,8-15,26-27,33-34,37-38,40-41,46,52H,1,3-7,16-25,28H2,(H,47,50)(H,48,55)(H,49,51)/t37-,38-,40-,41-/m0/s1. The molecule has 5 aliphatic rings. The third-order valence-corrected chi connectivity index (χ3v) is 13.1. The molecule has 0 unspecified atom stereocenters. The molecule has 4 aromatic rings. The van der Waals surface area contributed by atoms with Gasteiger partial charge >= 0.3 is 0 Å². The fraction of sp³-hybridized carbons (Fsp3) is 0.500. The number of H-pyrrole nitrogens is 2. The Hall–Kier alpha value is -5.19. The van der Waals surface area contributed by atoms with Gasteiger partial charge in [0.15, 0.2) is 6.79 Å². The first kappa shape index (κ1) is 41.2. The van der Waals surface area contributed by atoms with E-state index < -0.39 is 18.5 Å². The lowest BCUT2D eigenvalue weighted by Gasteiger charge is -2.38. The molecule has 5 fully saturated rings. The van der Waals surface area contributed by atoms with Crippen LogP contribution < -0.4 is 10.6 Å². The Morgan fingerprint density at radius 1 is 0.754 bits per heavy atom. The molecule has 7 heterocycles. The maximum absolute atomic E-state index is 14.1. The Morgan fingerprint density at radius 2 is 1.31 bits per heavy atom. The molecule has 4 N–H and O–H groups in total. The number of rotatable bonds is 15. The lowest BCUT2D eigenvalue weighted by atomic mass is 9.90. The molecule has 0 radical (unpaired) electrons. The normalized spacial score (nSPS) is 22.5. The summed E-state index contributed by atoms with van der Waals surface area (Å²) in [4.78, 5) is 60.5. The zero-order valence-electron chi connectivity index (χ0n) is 34.6. The van der Waals surface area contributed by atoms with Gasteiger partial charge in [-0.25, -0.2) is 9.97 Å². The van der Waals surface area contributed by atoms with Crippen LogP contribution >= 0.6 is 0 Å². The van der Waals surface area contributed by atoms with E-state index in [1.54, 1.807) is 0 Å². The Balaban J connectivity index is 0.875. The molecule has 0 bridgehead atoms. The lowest BCUT2D eigenvalue weighted by Crippen LogP contribution is -2.58. The number of carbonyl (C=O) groups is 3. The second kappa shape index (κ2) is 18.8. The van der Waals surface area contributed by atoms with E-state index in [9.17, 15) is 14.4 Å². The van der Waals surface area contributed by atoms with Crippen LogP contribution in [0.4, 0.5) is 0 Å². The first-order valence-electron chi connectivity index (χ1n) is 21.9. The van der Waals surface area contributed by atoms with Gasteiger partial charge in [0.05, 0.1) is 35.7 Å². The number of ether oxygens (including phenoxy) is 4. The van der Waals surface area contributed by atoms with E-state index >= 15 is 0 Å². The maximum Gasteiger partial charge on any atom is 0.246 e. The summed E-state index contributed by atoms with van der Waals surface area (Å²) in [5, 5.41) is 6.15. The summed E-state index contributed by atoms with van der Waals surface area (Å²) in [6.45, 7) is 8.00. The number of nitrogens with zero attached hydrogens (tertiary/aromatic N) is 4. The van der Waals surface area contributed by atoms with Crippen LogP contribution in [-0.2, 0) is 39.8 Å². The van der Waals surface area contributed by atoms with Crippen LogP contribution in [0.25, 0.3) is 33.6 Å². The quantitative estimate of drug-likeness (QED) is 0.0897. The minimum Gasteiger partial charge on any atom is -0.381 e. The molecule has 2 aromatic carbocycles. The molecule has 15 nitrogen and oxygen atoms in total. The van der Waals surface area contributed by atoms with Crippen molar-refractivity contribution in [2.75, 3.05) is 46.3 Å². The first-order valence-corrected chi connectivity index (χ1v) is 21.9. The Kier molecular flexibility index (Phi) is 12.7. The largest absolute Gasteiger partial charge is 0.381 e. The highest BCUT2D eigenvalue weighted by molar-refractivity contribution is 5.85. The highest BCUT2D eigenvalue weighted by atomic mass is 16.9. The number of hydrogen-bond acceptors (Lipinski definition) is 10. The number of aromatic nitrogens is 4. The minimum atomic E-state index is -0.574. The molecule has 4 atom stereocenters. The topological polar surface area (TPSA) is 176 Å². The summed E-state index contributed by atoms with van der Waals surface area (Å²) >= 11 is 0. The van der Waals surface area contributed by atoms with E-state index in [-0.39, 0.29) is 42.5 Å². The number of hydrogen-bond donors (Lipinski definition) is 4. The number of allylic oxidation sites excluding steroid dienone is 1. The molecule has 0 spiro atoms.